The molecule has 0 unspecified atom stereocenters. The highest BCUT2D eigenvalue weighted by Crippen LogP contribution is 2.30. The first-order valence-electron chi connectivity index (χ1n) is 6.63. The summed E-state index contributed by atoms with van der Waals surface area (Å²) in [6.07, 6.45) is 6.28. The molecule has 0 atom stereocenters. The summed E-state index contributed by atoms with van der Waals surface area (Å²) in [5.74, 6) is 0.927. The minimum atomic E-state index is 0.107. The summed E-state index contributed by atoms with van der Waals surface area (Å²) >= 11 is 1.73. The molecule has 0 bridgehead atoms. The quantitative estimate of drug-likeness (QED) is 0.859. The highest BCUT2D eigenvalue weighted by Gasteiger charge is 2.22. The number of thiophene rings is 1. The molecule has 1 amide bonds. The van der Waals surface area contributed by atoms with E-state index < -0.39 is 0 Å². The van der Waals surface area contributed by atoms with Gasteiger partial charge < -0.3 is 9.32 Å². The van der Waals surface area contributed by atoms with Crippen LogP contribution in [0.1, 0.15) is 39.4 Å². The van der Waals surface area contributed by atoms with Crippen LogP contribution < -0.4 is 0 Å². The van der Waals surface area contributed by atoms with Gasteiger partial charge in [0.25, 0.3) is 5.91 Å². The number of fused-ring (bicyclic) bond motifs is 1. The van der Waals surface area contributed by atoms with Crippen molar-refractivity contribution in [2.24, 2.45) is 0 Å². The number of carbonyl (C=O) groups excluding carboxylic acids is 1. The molecular formula is C15H17NO2S. The van der Waals surface area contributed by atoms with Crippen LogP contribution in [0.15, 0.2) is 28.2 Å². The Bertz CT molecular complexity index is 571. The van der Waals surface area contributed by atoms with Crippen molar-refractivity contribution in [1.82, 2.24) is 4.90 Å². The summed E-state index contributed by atoms with van der Waals surface area (Å²) in [5.41, 5.74) is 2.18. The van der Waals surface area contributed by atoms with E-state index in [1.54, 1.807) is 22.5 Å². The smallest absolute Gasteiger partial charge is 0.255 e. The van der Waals surface area contributed by atoms with Crippen LogP contribution in [0, 0.1) is 0 Å². The Morgan fingerprint density at radius 3 is 3.05 bits per heavy atom. The van der Waals surface area contributed by atoms with Gasteiger partial charge in [-0.15, -0.1) is 11.3 Å². The van der Waals surface area contributed by atoms with Gasteiger partial charge in [-0.25, -0.2) is 0 Å². The van der Waals surface area contributed by atoms with E-state index in [-0.39, 0.29) is 5.91 Å². The van der Waals surface area contributed by atoms with Crippen molar-refractivity contribution in [3.63, 3.8) is 0 Å². The fourth-order valence-corrected chi connectivity index (χ4v) is 3.71. The zero-order chi connectivity index (χ0) is 13.2. The molecule has 0 radical (unpaired) electrons. The van der Waals surface area contributed by atoms with Crippen LogP contribution in [0.2, 0.25) is 0 Å². The van der Waals surface area contributed by atoms with Gasteiger partial charge in [0.2, 0.25) is 0 Å². The number of amides is 1. The summed E-state index contributed by atoms with van der Waals surface area (Å²) in [6.45, 7) is 0.524. The predicted octanol–water partition coefficient (Wildman–Crippen LogP) is 3.49. The van der Waals surface area contributed by atoms with Crippen LogP contribution in [-0.2, 0) is 19.4 Å². The van der Waals surface area contributed by atoms with Crippen molar-refractivity contribution >= 4 is 17.2 Å². The first kappa shape index (κ1) is 12.5. The van der Waals surface area contributed by atoms with E-state index in [1.807, 2.05) is 24.6 Å². The predicted molar refractivity (Wildman–Crippen MR) is 75.5 cm³/mol. The Morgan fingerprint density at radius 1 is 1.42 bits per heavy atom. The number of hydrogen-bond donors (Lipinski definition) is 0. The Morgan fingerprint density at radius 2 is 2.26 bits per heavy atom. The molecule has 1 aliphatic rings. The van der Waals surface area contributed by atoms with Gasteiger partial charge in [0.15, 0.2) is 0 Å². The second-order valence-corrected chi connectivity index (χ2v) is 5.96. The van der Waals surface area contributed by atoms with E-state index in [4.69, 9.17) is 4.42 Å². The van der Waals surface area contributed by atoms with Gasteiger partial charge >= 0.3 is 0 Å². The van der Waals surface area contributed by atoms with Crippen LogP contribution >= 0.6 is 11.3 Å². The maximum Gasteiger partial charge on any atom is 0.255 e. The van der Waals surface area contributed by atoms with E-state index >= 15 is 0 Å². The molecule has 0 N–H and O–H groups in total. The molecule has 2 aromatic rings. The number of hydrogen-bond acceptors (Lipinski definition) is 3. The molecule has 0 saturated carbocycles. The molecule has 3 rings (SSSR count). The first-order chi connectivity index (χ1) is 9.25. The number of carbonyl (C=O) groups is 1. The molecule has 0 aliphatic heterocycles. The van der Waals surface area contributed by atoms with Crippen molar-refractivity contribution in [1.29, 1.82) is 0 Å². The number of furan rings is 1. The van der Waals surface area contributed by atoms with Crippen molar-refractivity contribution in [3.05, 3.63) is 45.5 Å². The minimum absolute atomic E-state index is 0.107. The Balaban J connectivity index is 1.78. The molecular weight excluding hydrogens is 258 g/mol. The summed E-state index contributed by atoms with van der Waals surface area (Å²) in [5, 5.41) is 2.02. The van der Waals surface area contributed by atoms with Gasteiger partial charge in [-0.2, -0.15) is 0 Å². The van der Waals surface area contributed by atoms with Crippen LogP contribution in [0.4, 0.5) is 0 Å². The van der Waals surface area contributed by atoms with Gasteiger partial charge in [0.05, 0.1) is 18.4 Å². The summed E-state index contributed by atoms with van der Waals surface area (Å²) < 4.78 is 5.29. The number of nitrogens with zero attached hydrogens (tertiary/aromatic N) is 1. The lowest BCUT2D eigenvalue weighted by Gasteiger charge is -2.18. The van der Waals surface area contributed by atoms with E-state index in [9.17, 15) is 4.79 Å². The van der Waals surface area contributed by atoms with Crippen molar-refractivity contribution in [2.45, 2.75) is 32.2 Å². The molecule has 0 fully saturated rings. The third-order valence-electron chi connectivity index (χ3n) is 3.61. The molecule has 0 spiro atoms. The molecule has 2 aromatic heterocycles. The maximum absolute atomic E-state index is 12.5. The number of rotatable bonds is 3. The van der Waals surface area contributed by atoms with Gasteiger partial charge in [-0.3, -0.25) is 4.79 Å². The fraction of sp³-hybridized carbons (Fsp3) is 0.400. The van der Waals surface area contributed by atoms with E-state index in [0.29, 0.717) is 6.54 Å². The normalized spacial score (nSPS) is 14.2. The average molecular weight is 275 g/mol. The Hall–Kier alpha value is -1.55. The van der Waals surface area contributed by atoms with Crippen molar-refractivity contribution in [3.8, 4) is 0 Å². The van der Waals surface area contributed by atoms with Gasteiger partial charge in [0, 0.05) is 17.3 Å². The average Bonchev–Trinajstić information content (AvgIpc) is 3.06. The van der Waals surface area contributed by atoms with Crippen LogP contribution in [-0.4, -0.2) is 17.9 Å². The largest absolute Gasteiger partial charge is 0.467 e. The SMILES string of the molecule is CN(Cc1ccco1)C(=O)c1csc2c1CCCC2. The second-order valence-electron chi connectivity index (χ2n) is 5.00. The minimum Gasteiger partial charge on any atom is -0.467 e. The summed E-state index contributed by atoms with van der Waals surface area (Å²) in [7, 11) is 1.83. The lowest BCUT2D eigenvalue weighted by molar-refractivity contribution is 0.0774. The van der Waals surface area contributed by atoms with Gasteiger partial charge in [-0.1, -0.05) is 0 Å². The molecule has 2 heterocycles. The second kappa shape index (κ2) is 5.21. The molecule has 4 heteroatoms. The highest BCUT2D eigenvalue weighted by molar-refractivity contribution is 7.10. The standard InChI is InChI=1S/C15H17NO2S/c1-16(9-11-5-4-8-18-11)15(17)13-10-19-14-7-3-2-6-12(13)14/h4-5,8,10H,2-3,6-7,9H2,1H3. The van der Waals surface area contributed by atoms with E-state index in [1.165, 1.54) is 23.3 Å². The molecule has 1 aliphatic carbocycles. The fourth-order valence-electron chi connectivity index (χ4n) is 2.59. The maximum atomic E-state index is 12.5. The topological polar surface area (TPSA) is 33.5 Å². The highest BCUT2D eigenvalue weighted by atomic mass is 32.1. The molecule has 100 valence electrons. The zero-order valence-electron chi connectivity index (χ0n) is 11.0. The van der Waals surface area contributed by atoms with E-state index in [2.05, 4.69) is 0 Å². The lowest BCUT2D eigenvalue weighted by atomic mass is 9.95. The van der Waals surface area contributed by atoms with Crippen LogP contribution in [0.25, 0.3) is 0 Å². The Kier molecular flexibility index (Phi) is 3.42. The monoisotopic (exact) mass is 275 g/mol. The van der Waals surface area contributed by atoms with E-state index in [0.717, 1.165) is 24.2 Å². The van der Waals surface area contributed by atoms with Crippen molar-refractivity contribution < 1.29 is 9.21 Å². The number of aryl methyl sites for hydroxylation is 1. The molecule has 0 saturated heterocycles. The molecule has 3 nitrogen and oxygen atoms in total. The zero-order valence-corrected chi connectivity index (χ0v) is 11.8. The summed E-state index contributed by atoms with van der Waals surface area (Å²) in [6, 6.07) is 3.74. The third kappa shape index (κ3) is 2.45. The first-order valence-corrected chi connectivity index (χ1v) is 7.51. The molecule has 0 aromatic carbocycles. The Labute approximate surface area is 116 Å². The lowest BCUT2D eigenvalue weighted by Crippen LogP contribution is -2.26. The molecule has 19 heavy (non-hydrogen) atoms. The van der Waals surface area contributed by atoms with Crippen LogP contribution in [0.3, 0.4) is 0 Å². The van der Waals surface area contributed by atoms with Crippen molar-refractivity contribution in [2.75, 3.05) is 7.05 Å². The third-order valence-corrected chi connectivity index (χ3v) is 4.70. The summed E-state index contributed by atoms with van der Waals surface area (Å²) in [4.78, 5) is 15.6. The van der Waals surface area contributed by atoms with Gasteiger partial charge in [-0.05, 0) is 43.4 Å². The van der Waals surface area contributed by atoms with Crippen LogP contribution in [0.5, 0.6) is 0 Å². The van der Waals surface area contributed by atoms with Gasteiger partial charge in [0.1, 0.15) is 5.76 Å².